The number of halogens is 2. The van der Waals surface area contributed by atoms with E-state index in [1.165, 1.54) is 0 Å². The molecule has 2 aromatic carbocycles. The van der Waals surface area contributed by atoms with E-state index >= 15 is 0 Å². The molecule has 1 aliphatic rings. The molecule has 1 N–H and O–H groups in total. The number of aromatic nitrogens is 2. The number of nitrogens with one attached hydrogen (secondary N) is 1. The second kappa shape index (κ2) is 9.20. The Bertz CT molecular complexity index is 1120. The third-order valence-corrected chi connectivity index (χ3v) is 6.12. The first-order valence-corrected chi connectivity index (χ1v) is 11.6. The molecule has 1 aromatic heterocycles. The molecule has 0 unspecified atom stereocenters. The molecule has 6 nitrogen and oxygen atoms in total. The van der Waals surface area contributed by atoms with Crippen LogP contribution in [0.4, 0.5) is 10.7 Å². The number of rotatable bonds is 4. The average molecular weight is 475 g/mol. The standard InChI is InChI=1S/C24H28Cl2N4O2/c1-24(2,3)32-23(31)27-17-7-6-12-29(15-17)22-28-20-8-4-5-9-21(20)30(22)14-16-10-11-18(25)19(26)13-16/h4-5,8-11,13,17H,6-7,12,14-15H2,1-3H3,(H,27,31)/t17-/m0/s1. The van der Waals surface area contributed by atoms with E-state index in [9.17, 15) is 4.79 Å². The summed E-state index contributed by atoms with van der Waals surface area (Å²) in [5.41, 5.74) is 2.51. The zero-order valence-electron chi connectivity index (χ0n) is 18.6. The summed E-state index contributed by atoms with van der Waals surface area (Å²) in [7, 11) is 0. The highest BCUT2D eigenvalue weighted by Gasteiger charge is 2.27. The molecular formula is C24H28Cl2N4O2. The van der Waals surface area contributed by atoms with E-state index in [1.54, 1.807) is 0 Å². The molecule has 0 spiro atoms. The van der Waals surface area contributed by atoms with Crippen molar-refractivity contribution in [1.82, 2.24) is 14.9 Å². The molecule has 4 rings (SSSR count). The molecule has 32 heavy (non-hydrogen) atoms. The molecule has 1 amide bonds. The van der Waals surface area contributed by atoms with Crippen LogP contribution < -0.4 is 10.2 Å². The number of hydrogen-bond acceptors (Lipinski definition) is 4. The fraction of sp³-hybridized carbons (Fsp3) is 0.417. The highest BCUT2D eigenvalue weighted by Crippen LogP contribution is 2.28. The van der Waals surface area contributed by atoms with Gasteiger partial charge in [-0.2, -0.15) is 0 Å². The Balaban J connectivity index is 1.60. The van der Waals surface area contributed by atoms with E-state index in [0.29, 0.717) is 23.1 Å². The van der Waals surface area contributed by atoms with Gasteiger partial charge in [0.25, 0.3) is 0 Å². The van der Waals surface area contributed by atoms with Gasteiger partial charge in [-0.15, -0.1) is 0 Å². The van der Waals surface area contributed by atoms with E-state index < -0.39 is 5.60 Å². The number of ether oxygens (including phenoxy) is 1. The van der Waals surface area contributed by atoms with Crippen LogP contribution >= 0.6 is 23.2 Å². The summed E-state index contributed by atoms with van der Waals surface area (Å²) in [6, 6.07) is 13.8. The van der Waals surface area contributed by atoms with Crippen LogP contribution in [0.3, 0.4) is 0 Å². The molecule has 1 aliphatic heterocycles. The van der Waals surface area contributed by atoms with Gasteiger partial charge in [0, 0.05) is 19.1 Å². The molecule has 170 valence electrons. The number of alkyl carbamates (subject to hydrolysis) is 1. The van der Waals surface area contributed by atoms with Crippen LogP contribution in [-0.2, 0) is 11.3 Å². The maximum Gasteiger partial charge on any atom is 0.407 e. The average Bonchev–Trinajstić information content (AvgIpc) is 3.08. The molecule has 0 radical (unpaired) electrons. The lowest BCUT2D eigenvalue weighted by molar-refractivity contribution is 0.0500. The molecule has 0 bridgehead atoms. The first-order valence-electron chi connectivity index (χ1n) is 10.8. The third kappa shape index (κ3) is 5.30. The quantitative estimate of drug-likeness (QED) is 0.512. The predicted molar refractivity (Wildman–Crippen MR) is 130 cm³/mol. The van der Waals surface area contributed by atoms with Gasteiger partial charge in [0.2, 0.25) is 5.95 Å². The fourth-order valence-corrected chi connectivity index (χ4v) is 4.35. The van der Waals surface area contributed by atoms with Crippen LogP contribution in [0.1, 0.15) is 39.2 Å². The number of para-hydroxylation sites is 2. The van der Waals surface area contributed by atoms with Gasteiger partial charge in [0.05, 0.1) is 27.6 Å². The van der Waals surface area contributed by atoms with Crippen LogP contribution in [0.15, 0.2) is 42.5 Å². The minimum Gasteiger partial charge on any atom is -0.444 e. The summed E-state index contributed by atoms with van der Waals surface area (Å²) in [5, 5.41) is 4.10. The Morgan fingerprint density at radius 3 is 2.72 bits per heavy atom. The highest BCUT2D eigenvalue weighted by molar-refractivity contribution is 6.42. The number of amides is 1. The smallest absolute Gasteiger partial charge is 0.407 e. The van der Waals surface area contributed by atoms with Crippen molar-refractivity contribution in [1.29, 1.82) is 0 Å². The van der Waals surface area contributed by atoms with Crippen molar-refractivity contribution < 1.29 is 9.53 Å². The molecule has 2 heterocycles. The van der Waals surface area contributed by atoms with Crippen molar-refractivity contribution in [2.45, 2.75) is 51.8 Å². The third-order valence-electron chi connectivity index (χ3n) is 5.38. The van der Waals surface area contributed by atoms with Crippen molar-refractivity contribution in [2.24, 2.45) is 0 Å². The number of hydrogen-bond donors (Lipinski definition) is 1. The molecule has 1 atom stereocenters. The molecule has 3 aromatic rings. The van der Waals surface area contributed by atoms with Crippen LogP contribution in [0.5, 0.6) is 0 Å². The first kappa shape index (κ1) is 22.7. The lowest BCUT2D eigenvalue weighted by Crippen LogP contribution is -2.49. The Kier molecular flexibility index (Phi) is 6.54. The Morgan fingerprint density at radius 2 is 1.97 bits per heavy atom. The van der Waals surface area contributed by atoms with Gasteiger partial charge in [0.1, 0.15) is 5.60 Å². The van der Waals surface area contributed by atoms with E-state index in [4.69, 9.17) is 32.9 Å². The topological polar surface area (TPSA) is 59.4 Å². The monoisotopic (exact) mass is 474 g/mol. The number of carbonyl (C=O) groups excluding carboxylic acids is 1. The maximum absolute atomic E-state index is 12.3. The number of piperidine rings is 1. The number of fused-ring (bicyclic) bond motifs is 1. The minimum atomic E-state index is -0.522. The van der Waals surface area contributed by atoms with Gasteiger partial charge in [-0.3, -0.25) is 0 Å². The number of nitrogens with zero attached hydrogens (tertiary/aromatic N) is 3. The van der Waals surface area contributed by atoms with Crippen LogP contribution in [0.25, 0.3) is 11.0 Å². The molecule has 8 heteroatoms. The number of imidazole rings is 1. The molecule has 0 saturated carbocycles. The van der Waals surface area contributed by atoms with E-state index in [0.717, 1.165) is 41.9 Å². The Hall–Kier alpha value is -2.44. The minimum absolute atomic E-state index is 0.00293. The van der Waals surface area contributed by atoms with Crippen molar-refractivity contribution in [3.8, 4) is 0 Å². The van der Waals surface area contributed by atoms with Crippen LogP contribution in [0, 0.1) is 0 Å². The number of benzene rings is 2. The molecule has 1 saturated heterocycles. The van der Waals surface area contributed by atoms with Crippen molar-refractivity contribution in [3.63, 3.8) is 0 Å². The SMILES string of the molecule is CC(C)(C)OC(=O)N[C@H]1CCCN(c2nc3ccccc3n2Cc2ccc(Cl)c(Cl)c2)C1. The summed E-state index contributed by atoms with van der Waals surface area (Å²) >= 11 is 12.4. The Morgan fingerprint density at radius 1 is 1.19 bits per heavy atom. The van der Waals surface area contributed by atoms with Gasteiger partial charge in [-0.25, -0.2) is 9.78 Å². The van der Waals surface area contributed by atoms with Crippen LogP contribution in [-0.4, -0.2) is 40.4 Å². The normalized spacial score (nSPS) is 16.9. The second-order valence-corrected chi connectivity index (χ2v) is 9.98. The summed E-state index contributed by atoms with van der Waals surface area (Å²) < 4.78 is 7.64. The summed E-state index contributed by atoms with van der Waals surface area (Å²) in [6.45, 7) is 7.76. The Labute approximate surface area is 198 Å². The van der Waals surface area contributed by atoms with Gasteiger partial charge in [-0.1, -0.05) is 41.4 Å². The predicted octanol–water partition coefficient (Wildman–Crippen LogP) is 5.88. The number of anilines is 1. The zero-order valence-corrected chi connectivity index (χ0v) is 20.1. The maximum atomic E-state index is 12.3. The molecule has 1 fully saturated rings. The first-order chi connectivity index (χ1) is 15.2. The molecule has 0 aliphatic carbocycles. The summed E-state index contributed by atoms with van der Waals surface area (Å²) in [4.78, 5) is 19.5. The van der Waals surface area contributed by atoms with E-state index in [1.807, 2.05) is 57.2 Å². The van der Waals surface area contributed by atoms with Crippen molar-refractivity contribution in [3.05, 3.63) is 58.1 Å². The largest absolute Gasteiger partial charge is 0.444 e. The van der Waals surface area contributed by atoms with Gasteiger partial charge >= 0.3 is 6.09 Å². The van der Waals surface area contributed by atoms with Crippen molar-refractivity contribution >= 4 is 46.3 Å². The van der Waals surface area contributed by atoms with E-state index in [2.05, 4.69) is 20.9 Å². The van der Waals surface area contributed by atoms with Gasteiger partial charge in [0.15, 0.2) is 0 Å². The number of carbonyl (C=O) groups is 1. The van der Waals surface area contributed by atoms with E-state index in [-0.39, 0.29) is 12.1 Å². The fourth-order valence-electron chi connectivity index (χ4n) is 4.03. The van der Waals surface area contributed by atoms with Crippen molar-refractivity contribution in [2.75, 3.05) is 18.0 Å². The zero-order chi connectivity index (χ0) is 22.9. The highest BCUT2D eigenvalue weighted by atomic mass is 35.5. The molecular weight excluding hydrogens is 447 g/mol. The lowest BCUT2D eigenvalue weighted by atomic mass is 10.1. The van der Waals surface area contributed by atoms with Crippen LogP contribution in [0.2, 0.25) is 10.0 Å². The summed E-state index contributed by atoms with van der Waals surface area (Å²) in [5.74, 6) is 0.882. The van der Waals surface area contributed by atoms with Gasteiger partial charge < -0.3 is 19.5 Å². The lowest BCUT2D eigenvalue weighted by Gasteiger charge is -2.34. The summed E-state index contributed by atoms with van der Waals surface area (Å²) in [6.07, 6.45) is 1.48. The second-order valence-electron chi connectivity index (χ2n) is 9.17. The van der Waals surface area contributed by atoms with Gasteiger partial charge in [-0.05, 0) is 63.4 Å².